The molecule has 4 nitrogen and oxygen atoms in total. The normalized spacial score (nSPS) is 5.45. The van der Waals surface area contributed by atoms with E-state index in [0.29, 0.717) is 0 Å². The fraction of sp³-hybridized carbons (Fsp3) is 0. The summed E-state index contributed by atoms with van der Waals surface area (Å²) < 4.78 is 0. The van der Waals surface area contributed by atoms with Crippen LogP contribution >= 0.6 is 0 Å². The summed E-state index contributed by atoms with van der Waals surface area (Å²) in [5.74, 6) is 0.0718. The third kappa shape index (κ3) is 9.90. The average Bonchev–Trinajstić information content (AvgIpc) is 1.69. The van der Waals surface area contributed by atoms with Crippen molar-refractivity contribution in [1.82, 2.24) is 0 Å². The van der Waals surface area contributed by atoms with Gasteiger partial charge in [-0.15, -0.1) is 5.75 Å². The summed E-state index contributed by atoms with van der Waals surface area (Å²) in [5, 5.41) is 10.3. The quantitative estimate of drug-likeness (QED) is 0.357. The SMILES string of the molecule is O.O.O.[Na+].[O-]c1ccccc1. The predicted octanol–water partition coefficient (Wildman–Crippen LogP) is -4.71. The summed E-state index contributed by atoms with van der Waals surface area (Å²) in [6, 6.07) is 8.33. The number of para-hydroxylation sites is 1. The zero-order valence-corrected chi connectivity index (χ0v) is 8.29. The van der Waals surface area contributed by atoms with E-state index in [2.05, 4.69) is 0 Å². The first-order valence-electron chi connectivity index (χ1n) is 2.11. The van der Waals surface area contributed by atoms with Crippen molar-refractivity contribution >= 4 is 0 Å². The predicted molar refractivity (Wildman–Crippen MR) is 36.7 cm³/mol. The Labute approximate surface area is 87.1 Å². The molecule has 0 aliphatic rings. The Kier molecular flexibility index (Phi) is 25.6. The molecule has 5 heteroatoms. The minimum atomic E-state index is 0. The molecule has 0 aliphatic heterocycles. The zero-order valence-electron chi connectivity index (χ0n) is 6.29. The van der Waals surface area contributed by atoms with Crippen LogP contribution in [0.4, 0.5) is 0 Å². The second-order valence-corrected chi connectivity index (χ2v) is 1.31. The molecule has 0 saturated heterocycles. The molecule has 0 aromatic heterocycles. The van der Waals surface area contributed by atoms with Gasteiger partial charge in [-0.3, -0.25) is 0 Å². The molecule has 0 bridgehead atoms. The van der Waals surface area contributed by atoms with Crippen LogP contribution < -0.4 is 34.7 Å². The molecule has 1 aromatic rings. The van der Waals surface area contributed by atoms with Crippen LogP contribution in [-0.4, -0.2) is 16.4 Å². The van der Waals surface area contributed by atoms with Crippen LogP contribution in [0.2, 0.25) is 0 Å². The molecule has 0 saturated carbocycles. The Morgan fingerprint density at radius 1 is 0.818 bits per heavy atom. The van der Waals surface area contributed by atoms with Gasteiger partial charge < -0.3 is 21.5 Å². The molecule has 0 spiro atoms. The van der Waals surface area contributed by atoms with Gasteiger partial charge in [0.2, 0.25) is 0 Å². The van der Waals surface area contributed by atoms with Crippen molar-refractivity contribution in [2.75, 3.05) is 0 Å². The van der Waals surface area contributed by atoms with Gasteiger partial charge in [0, 0.05) is 0 Å². The minimum Gasteiger partial charge on any atom is -0.872 e. The maximum Gasteiger partial charge on any atom is 1.00 e. The molecule has 0 fully saturated rings. The van der Waals surface area contributed by atoms with Crippen LogP contribution in [0.15, 0.2) is 30.3 Å². The van der Waals surface area contributed by atoms with E-state index in [-0.39, 0.29) is 51.7 Å². The van der Waals surface area contributed by atoms with Gasteiger partial charge in [-0.25, -0.2) is 0 Å². The summed E-state index contributed by atoms with van der Waals surface area (Å²) in [5.41, 5.74) is 0. The molecule has 0 aliphatic carbocycles. The number of hydrogen-bond donors (Lipinski definition) is 0. The topological polar surface area (TPSA) is 118 Å². The van der Waals surface area contributed by atoms with E-state index in [1.165, 1.54) is 12.1 Å². The first kappa shape index (κ1) is 22.4. The maximum atomic E-state index is 10.3. The van der Waals surface area contributed by atoms with Crippen LogP contribution in [0.25, 0.3) is 0 Å². The van der Waals surface area contributed by atoms with Crippen LogP contribution in [0.5, 0.6) is 5.75 Å². The van der Waals surface area contributed by atoms with Crippen molar-refractivity contribution in [3.63, 3.8) is 0 Å². The Balaban J connectivity index is -0.0000000612. The monoisotopic (exact) mass is 170 g/mol. The Morgan fingerprint density at radius 3 is 1.36 bits per heavy atom. The molecule has 0 radical (unpaired) electrons. The van der Waals surface area contributed by atoms with Crippen molar-refractivity contribution in [3.05, 3.63) is 30.3 Å². The van der Waals surface area contributed by atoms with Gasteiger partial charge in [0.05, 0.1) is 0 Å². The zero-order chi connectivity index (χ0) is 5.11. The second-order valence-electron chi connectivity index (χ2n) is 1.31. The molecular formula is C6H11NaO4. The van der Waals surface area contributed by atoms with Crippen molar-refractivity contribution in [2.45, 2.75) is 0 Å². The molecule has 1 rings (SSSR count). The van der Waals surface area contributed by atoms with Crippen molar-refractivity contribution in [2.24, 2.45) is 0 Å². The van der Waals surface area contributed by atoms with Crippen LogP contribution in [-0.2, 0) is 0 Å². The number of benzene rings is 1. The molecular weight excluding hydrogens is 159 g/mol. The van der Waals surface area contributed by atoms with Crippen LogP contribution in [0.3, 0.4) is 0 Å². The fourth-order valence-corrected chi connectivity index (χ4v) is 0.420. The standard InChI is InChI=1S/C6H6O.Na.3H2O/c7-6-4-2-1-3-5-6;;;;/h1-5,7H;;3*1H2/q;+1;;;/p-1. The summed E-state index contributed by atoms with van der Waals surface area (Å²) in [6.45, 7) is 0. The Bertz CT molecular complexity index is 145. The van der Waals surface area contributed by atoms with Gasteiger partial charge in [-0.2, -0.15) is 0 Å². The molecule has 11 heavy (non-hydrogen) atoms. The summed E-state index contributed by atoms with van der Waals surface area (Å²) in [6.07, 6.45) is 0. The van der Waals surface area contributed by atoms with E-state index in [9.17, 15) is 5.11 Å². The van der Waals surface area contributed by atoms with Gasteiger partial charge in [-0.05, 0) is 0 Å². The van der Waals surface area contributed by atoms with Crippen molar-refractivity contribution in [3.8, 4) is 5.75 Å². The van der Waals surface area contributed by atoms with E-state index in [0.717, 1.165) is 0 Å². The van der Waals surface area contributed by atoms with Crippen LogP contribution in [0.1, 0.15) is 0 Å². The van der Waals surface area contributed by atoms with Gasteiger partial charge in [0.1, 0.15) is 0 Å². The van der Waals surface area contributed by atoms with E-state index < -0.39 is 0 Å². The molecule has 0 atom stereocenters. The van der Waals surface area contributed by atoms with Gasteiger partial charge in [0.15, 0.2) is 0 Å². The number of hydrogen-bond acceptors (Lipinski definition) is 1. The third-order valence-electron chi connectivity index (χ3n) is 0.743. The average molecular weight is 170 g/mol. The first-order valence-corrected chi connectivity index (χ1v) is 2.11. The molecule has 60 valence electrons. The van der Waals surface area contributed by atoms with Crippen molar-refractivity contribution in [1.29, 1.82) is 0 Å². The van der Waals surface area contributed by atoms with E-state index in [1.807, 2.05) is 6.07 Å². The molecule has 0 amide bonds. The van der Waals surface area contributed by atoms with Gasteiger partial charge >= 0.3 is 29.6 Å². The minimum absolute atomic E-state index is 0. The summed E-state index contributed by atoms with van der Waals surface area (Å²) in [4.78, 5) is 0. The Morgan fingerprint density at radius 2 is 1.18 bits per heavy atom. The summed E-state index contributed by atoms with van der Waals surface area (Å²) in [7, 11) is 0. The van der Waals surface area contributed by atoms with Crippen molar-refractivity contribution < 1.29 is 51.1 Å². The second kappa shape index (κ2) is 12.6. The molecule has 0 heterocycles. The smallest absolute Gasteiger partial charge is 0.872 e. The van der Waals surface area contributed by atoms with E-state index >= 15 is 0 Å². The van der Waals surface area contributed by atoms with Gasteiger partial charge in [0.25, 0.3) is 0 Å². The molecule has 1 aromatic carbocycles. The first-order chi connectivity index (χ1) is 3.39. The molecule has 6 N–H and O–H groups in total. The Hall–Kier alpha value is -0.100. The van der Waals surface area contributed by atoms with Crippen LogP contribution in [0, 0.1) is 0 Å². The molecule has 0 unspecified atom stereocenters. The summed E-state index contributed by atoms with van der Waals surface area (Å²) >= 11 is 0. The van der Waals surface area contributed by atoms with E-state index in [4.69, 9.17) is 0 Å². The van der Waals surface area contributed by atoms with E-state index in [1.54, 1.807) is 12.1 Å². The fourth-order valence-electron chi connectivity index (χ4n) is 0.420. The maximum absolute atomic E-state index is 10.3. The largest absolute Gasteiger partial charge is 1.00 e. The van der Waals surface area contributed by atoms with Gasteiger partial charge in [-0.1, -0.05) is 30.3 Å². The third-order valence-corrected chi connectivity index (χ3v) is 0.743. The number of rotatable bonds is 0.